The number of rotatable bonds is 6. The minimum Gasteiger partial charge on any atom is -0.379 e. The molecule has 1 N–H and O–H groups in total. The van der Waals surface area contributed by atoms with Crippen LogP contribution in [0.3, 0.4) is 0 Å². The van der Waals surface area contributed by atoms with Crippen molar-refractivity contribution in [3.8, 4) is 0 Å². The first kappa shape index (κ1) is 18.6. The summed E-state index contributed by atoms with van der Waals surface area (Å²) in [4.78, 5) is 11.9. The van der Waals surface area contributed by atoms with Gasteiger partial charge in [0.15, 0.2) is 0 Å². The smallest absolute Gasteiger partial charge is 0.244 e. The molecule has 0 radical (unpaired) electrons. The largest absolute Gasteiger partial charge is 0.379 e. The highest BCUT2D eigenvalue weighted by atomic mass is 32.2. The second kappa shape index (κ2) is 8.41. The van der Waals surface area contributed by atoms with E-state index >= 15 is 0 Å². The summed E-state index contributed by atoms with van der Waals surface area (Å²) in [7, 11) is -3.48. The summed E-state index contributed by atoms with van der Waals surface area (Å²) in [6.07, 6.45) is 3.12. The van der Waals surface area contributed by atoms with Gasteiger partial charge in [-0.05, 0) is 29.7 Å². The minimum absolute atomic E-state index is 0.159. The summed E-state index contributed by atoms with van der Waals surface area (Å²) in [5.74, 6) is 0.237. The zero-order valence-corrected chi connectivity index (χ0v) is 14.9. The Morgan fingerprint density at radius 1 is 1.25 bits per heavy atom. The van der Waals surface area contributed by atoms with Gasteiger partial charge in [0, 0.05) is 25.7 Å². The van der Waals surface area contributed by atoms with Gasteiger partial charge in [0.1, 0.15) is 0 Å². The van der Waals surface area contributed by atoms with Crippen LogP contribution in [0.1, 0.15) is 19.4 Å². The van der Waals surface area contributed by atoms with Gasteiger partial charge in [-0.25, -0.2) is 8.42 Å². The van der Waals surface area contributed by atoms with E-state index < -0.39 is 10.0 Å². The van der Waals surface area contributed by atoms with E-state index in [2.05, 4.69) is 5.32 Å². The maximum atomic E-state index is 12.5. The molecular formula is C17H24N2O4S. The molecule has 1 saturated heterocycles. The number of hydrogen-bond acceptors (Lipinski definition) is 4. The van der Waals surface area contributed by atoms with Crippen molar-refractivity contribution >= 4 is 22.0 Å². The monoisotopic (exact) mass is 352 g/mol. The average molecular weight is 352 g/mol. The van der Waals surface area contributed by atoms with Crippen molar-refractivity contribution in [2.45, 2.75) is 18.7 Å². The second-order valence-electron chi connectivity index (χ2n) is 6.06. The molecule has 1 heterocycles. The van der Waals surface area contributed by atoms with Crippen molar-refractivity contribution < 1.29 is 17.9 Å². The van der Waals surface area contributed by atoms with Crippen LogP contribution in [0, 0.1) is 5.92 Å². The van der Waals surface area contributed by atoms with Crippen LogP contribution in [0.5, 0.6) is 0 Å². The lowest BCUT2D eigenvalue weighted by molar-refractivity contribution is -0.116. The van der Waals surface area contributed by atoms with E-state index in [1.165, 1.54) is 10.4 Å². The molecule has 1 fully saturated rings. The number of nitrogens with one attached hydrogen (secondary N) is 1. The topological polar surface area (TPSA) is 75.7 Å². The van der Waals surface area contributed by atoms with Gasteiger partial charge in [-0.15, -0.1) is 0 Å². The molecule has 1 aromatic carbocycles. The molecule has 1 amide bonds. The zero-order valence-electron chi connectivity index (χ0n) is 14.1. The van der Waals surface area contributed by atoms with Crippen molar-refractivity contribution in [1.29, 1.82) is 0 Å². The Bertz CT molecular complexity index is 675. The number of sulfonamides is 1. The lowest BCUT2D eigenvalue weighted by Crippen LogP contribution is -2.40. The second-order valence-corrected chi connectivity index (χ2v) is 8.00. The summed E-state index contributed by atoms with van der Waals surface area (Å²) >= 11 is 0. The van der Waals surface area contributed by atoms with Crippen LogP contribution in [0.2, 0.25) is 0 Å². The van der Waals surface area contributed by atoms with Crippen molar-refractivity contribution in [2.24, 2.45) is 5.92 Å². The number of amides is 1. The van der Waals surface area contributed by atoms with Crippen molar-refractivity contribution in [3.05, 3.63) is 35.9 Å². The molecule has 1 aromatic rings. The summed E-state index contributed by atoms with van der Waals surface area (Å²) in [6, 6.07) is 6.52. The highest BCUT2D eigenvalue weighted by molar-refractivity contribution is 7.89. The number of hydrogen-bond donors (Lipinski definition) is 1. The molecule has 0 spiro atoms. The Labute approximate surface area is 143 Å². The number of carbonyl (C=O) groups is 1. The number of ether oxygens (including phenoxy) is 1. The molecule has 0 atom stereocenters. The minimum atomic E-state index is -3.48. The lowest BCUT2D eigenvalue weighted by atomic mass is 10.2. The van der Waals surface area contributed by atoms with E-state index in [1.54, 1.807) is 30.3 Å². The molecule has 2 rings (SSSR count). The number of benzene rings is 1. The fourth-order valence-electron chi connectivity index (χ4n) is 2.22. The third kappa shape index (κ3) is 5.15. The maximum Gasteiger partial charge on any atom is 0.244 e. The van der Waals surface area contributed by atoms with Gasteiger partial charge in [0.25, 0.3) is 0 Å². The molecule has 0 saturated carbocycles. The molecule has 132 valence electrons. The maximum absolute atomic E-state index is 12.5. The Balaban J connectivity index is 2.01. The third-order valence-electron chi connectivity index (χ3n) is 3.60. The normalized spacial score (nSPS) is 16.6. The Morgan fingerprint density at radius 2 is 1.88 bits per heavy atom. The summed E-state index contributed by atoms with van der Waals surface area (Å²) in [6.45, 7) is 6.27. The van der Waals surface area contributed by atoms with Crippen molar-refractivity contribution in [1.82, 2.24) is 9.62 Å². The predicted molar refractivity (Wildman–Crippen MR) is 92.9 cm³/mol. The van der Waals surface area contributed by atoms with Crippen LogP contribution in [0.15, 0.2) is 35.2 Å². The van der Waals surface area contributed by atoms with Crippen molar-refractivity contribution in [3.63, 3.8) is 0 Å². The highest BCUT2D eigenvalue weighted by Gasteiger charge is 2.25. The van der Waals surface area contributed by atoms with Gasteiger partial charge in [0.2, 0.25) is 15.9 Å². The molecule has 6 nitrogen and oxygen atoms in total. The van der Waals surface area contributed by atoms with E-state index in [4.69, 9.17) is 4.74 Å². The fourth-order valence-corrected chi connectivity index (χ4v) is 3.63. The van der Waals surface area contributed by atoms with Crippen molar-refractivity contribution in [2.75, 3.05) is 32.8 Å². The van der Waals surface area contributed by atoms with Crippen LogP contribution >= 0.6 is 0 Å². The summed E-state index contributed by atoms with van der Waals surface area (Å²) in [5.41, 5.74) is 0.774. The van der Waals surface area contributed by atoms with E-state index in [-0.39, 0.29) is 10.8 Å². The molecule has 24 heavy (non-hydrogen) atoms. The molecule has 1 aliphatic heterocycles. The lowest BCUT2D eigenvalue weighted by Gasteiger charge is -2.26. The quantitative estimate of drug-likeness (QED) is 0.787. The van der Waals surface area contributed by atoms with Crippen LogP contribution in [-0.2, 0) is 19.6 Å². The van der Waals surface area contributed by atoms with Gasteiger partial charge < -0.3 is 10.1 Å². The van der Waals surface area contributed by atoms with Gasteiger partial charge in [-0.1, -0.05) is 26.0 Å². The van der Waals surface area contributed by atoms with E-state index in [0.29, 0.717) is 38.8 Å². The Hall–Kier alpha value is -1.70. The number of morpholine rings is 1. The first-order chi connectivity index (χ1) is 11.4. The molecule has 0 aliphatic carbocycles. The van der Waals surface area contributed by atoms with Gasteiger partial charge in [0.05, 0.1) is 18.1 Å². The first-order valence-electron chi connectivity index (χ1n) is 8.03. The van der Waals surface area contributed by atoms with Gasteiger partial charge >= 0.3 is 0 Å². The van der Waals surface area contributed by atoms with Crippen LogP contribution in [0.4, 0.5) is 0 Å². The van der Waals surface area contributed by atoms with Gasteiger partial charge in [-0.2, -0.15) is 4.31 Å². The summed E-state index contributed by atoms with van der Waals surface area (Å²) < 4.78 is 31.6. The zero-order chi connectivity index (χ0) is 17.6. The average Bonchev–Trinajstić information content (AvgIpc) is 2.59. The van der Waals surface area contributed by atoms with Crippen LogP contribution in [-0.4, -0.2) is 51.5 Å². The van der Waals surface area contributed by atoms with Gasteiger partial charge in [-0.3, -0.25) is 4.79 Å². The third-order valence-corrected chi connectivity index (χ3v) is 5.51. The predicted octanol–water partition coefficient (Wildman–Crippen LogP) is 1.49. The first-order valence-corrected chi connectivity index (χ1v) is 9.47. The fraction of sp³-hybridized carbons (Fsp3) is 0.471. The molecule has 0 unspecified atom stereocenters. The number of carbonyl (C=O) groups excluding carboxylic acids is 1. The van der Waals surface area contributed by atoms with E-state index in [1.807, 2.05) is 13.8 Å². The SMILES string of the molecule is CC(C)CNC(=O)C=Cc1ccc(S(=O)(=O)N2CCOCC2)cc1. The molecular weight excluding hydrogens is 328 g/mol. The van der Waals surface area contributed by atoms with E-state index in [0.717, 1.165) is 5.56 Å². The van der Waals surface area contributed by atoms with Crippen LogP contribution in [0.25, 0.3) is 6.08 Å². The summed E-state index contributed by atoms with van der Waals surface area (Å²) in [5, 5.41) is 2.79. The van der Waals surface area contributed by atoms with Crippen LogP contribution < -0.4 is 5.32 Å². The molecule has 0 aromatic heterocycles. The number of nitrogens with zero attached hydrogens (tertiary/aromatic N) is 1. The highest BCUT2D eigenvalue weighted by Crippen LogP contribution is 2.18. The molecule has 1 aliphatic rings. The van der Waals surface area contributed by atoms with E-state index in [9.17, 15) is 13.2 Å². The standard InChI is InChI=1S/C17H24N2O4S/c1-14(2)13-18-17(20)8-5-15-3-6-16(7-4-15)24(21,22)19-9-11-23-12-10-19/h3-8,14H,9-13H2,1-2H3,(H,18,20). The molecule has 0 bridgehead atoms. The Morgan fingerprint density at radius 3 is 2.46 bits per heavy atom. The molecule has 7 heteroatoms. The Kier molecular flexibility index (Phi) is 6.53.